The Morgan fingerprint density at radius 2 is 2.50 bits per heavy atom. The van der Waals surface area contributed by atoms with Crippen LogP contribution < -0.4 is 0 Å². The first-order chi connectivity index (χ1) is 6.63. The van der Waals surface area contributed by atoms with Gasteiger partial charge in [0.1, 0.15) is 0 Å². The molecular weight excluding hydrogens is 268 g/mol. The lowest BCUT2D eigenvalue weighted by atomic mass is 10.2. The van der Waals surface area contributed by atoms with Crippen molar-refractivity contribution in [1.82, 2.24) is 0 Å². The molecule has 0 saturated carbocycles. The Bertz CT molecular complexity index is 311. The van der Waals surface area contributed by atoms with E-state index in [1.165, 1.54) is 11.3 Å². The van der Waals surface area contributed by atoms with E-state index < -0.39 is 12.1 Å². The highest BCUT2D eigenvalue weighted by atomic mass is 79.9. The Labute approximate surface area is 94.8 Å². The average Bonchev–Trinajstić information content (AvgIpc) is 2.51. The summed E-state index contributed by atoms with van der Waals surface area (Å²) in [6, 6.07) is 1.88. The minimum Gasteiger partial charge on any atom is -0.464 e. The predicted octanol–water partition coefficient (Wildman–Crippen LogP) is 1.98. The zero-order valence-corrected chi connectivity index (χ0v) is 10.1. The van der Waals surface area contributed by atoms with Gasteiger partial charge in [0.2, 0.25) is 0 Å². The summed E-state index contributed by atoms with van der Waals surface area (Å²) in [5.41, 5.74) is 0. The fourth-order valence-corrected chi connectivity index (χ4v) is 2.46. The summed E-state index contributed by atoms with van der Waals surface area (Å²) >= 11 is 4.80. The average molecular weight is 279 g/mol. The Morgan fingerprint density at radius 1 is 1.79 bits per heavy atom. The summed E-state index contributed by atoms with van der Waals surface area (Å²) in [7, 11) is 0. The van der Waals surface area contributed by atoms with Crippen molar-refractivity contribution in [3.05, 3.63) is 20.8 Å². The predicted molar refractivity (Wildman–Crippen MR) is 58.4 cm³/mol. The molecule has 3 nitrogen and oxygen atoms in total. The molecule has 0 aliphatic carbocycles. The number of rotatable bonds is 4. The Balaban J connectivity index is 2.48. The molecule has 0 saturated heterocycles. The van der Waals surface area contributed by atoms with E-state index in [-0.39, 0.29) is 0 Å². The van der Waals surface area contributed by atoms with Crippen molar-refractivity contribution in [2.24, 2.45) is 0 Å². The normalized spacial score (nSPS) is 12.5. The van der Waals surface area contributed by atoms with E-state index in [1.54, 1.807) is 6.92 Å². The van der Waals surface area contributed by atoms with Crippen molar-refractivity contribution in [3.8, 4) is 0 Å². The highest BCUT2D eigenvalue weighted by molar-refractivity contribution is 9.10. The monoisotopic (exact) mass is 278 g/mol. The van der Waals surface area contributed by atoms with Crippen molar-refractivity contribution in [2.75, 3.05) is 6.61 Å². The second kappa shape index (κ2) is 5.48. The van der Waals surface area contributed by atoms with Gasteiger partial charge in [0.15, 0.2) is 6.10 Å². The first-order valence-electron chi connectivity index (χ1n) is 4.21. The summed E-state index contributed by atoms with van der Waals surface area (Å²) in [6.45, 7) is 2.01. The fourth-order valence-electron chi connectivity index (χ4n) is 0.973. The van der Waals surface area contributed by atoms with Crippen LogP contribution in [0.15, 0.2) is 15.9 Å². The maximum atomic E-state index is 11.1. The van der Waals surface area contributed by atoms with Crippen LogP contribution in [-0.2, 0) is 16.0 Å². The molecule has 0 aliphatic heterocycles. The van der Waals surface area contributed by atoms with Gasteiger partial charge in [0, 0.05) is 21.2 Å². The van der Waals surface area contributed by atoms with Crippen LogP contribution in [0, 0.1) is 0 Å². The number of hydrogen-bond donors (Lipinski definition) is 1. The quantitative estimate of drug-likeness (QED) is 0.857. The van der Waals surface area contributed by atoms with Crippen LogP contribution in [0.3, 0.4) is 0 Å². The Morgan fingerprint density at radius 3 is 3.00 bits per heavy atom. The smallest absolute Gasteiger partial charge is 0.335 e. The number of carbonyl (C=O) groups is 1. The van der Waals surface area contributed by atoms with Crippen molar-refractivity contribution >= 4 is 33.2 Å². The second-order valence-corrected chi connectivity index (χ2v) is 4.61. The minimum absolute atomic E-state index is 0.296. The van der Waals surface area contributed by atoms with Gasteiger partial charge >= 0.3 is 5.97 Å². The van der Waals surface area contributed by atoms with Crippen LogP contribution in [0.25, 0.3) is 0 Å². The van der Waals surface area contributed by atoms with Gasteiger partial charge in [0.05, 0.1) is 6.61 Å². The van der Waals surface area contributed by atoms with Gasteiger partial charge in [-0.15, -0.1) is 11.3 Å². The third-order valence-electron chi connectivity index (χ3n) is 1.57. The van der Waals surface area contributed by atoms with Gasteiger partial charge in [-0.2, -0.15) is 0 Å². The number of aliphatic hydroxyl groups is 1. The summed E-state index contributed by atoms with van der Waals surface area (Å²) < 4.78 is 5.65. The Hall–Kier alpha value is -0.390. The largest absolute Gasteiger partial charge is 0.464 e. The Kier molecular flexibility index (Phi) is 4.57. The van der Waals surface area contributed by atoms with E-state index in [4.69, 9.17) is 0 Å². The summed E-state index contributed by atoms with van der Waals surface area (Å²) in [5.74, 6) is -0.558. The molecule has 1 unspecified atom stereocenters. The maximum Gasteiger partial charge on any atom is 0.335 e. The molecule has 0 bridgehead atoms. The van der Waals surface area contributed by atoms with Gasteiger partial charge in [-0.05, 0) is 28.9 Å². The third kappa shape index (κ3) is 3.40. The molecule has 14 heavy (non-hydrogen) atoms. The van der Waals surface area contributed by atoms with E-state index in [0.29, 0.717) is 13.0 Å². The zero-order valence-electron chi connectivity index (χ0n) is 7.70. The third-order valence-corrected chi connectivity index (χ3v) is 3.29. The maximum absolute atomic E-state index is 11.1. The zero-order chi connectivity index (χ0) is 10.6. The standard InChI is InChI=1S/C9H11BrO3S/c1-2-13-9(12)8(11)4-7-3-6(10)5-14-7/h3,5,8,11H,2,4H2,1H3. The lowest BCUT2D eigenvalue weighted by Gasteiger charge is -2.07. The van der Waals surface area contributed by atoms with Gasteiger partial charge in [0.25, 0.3) is 0 Å². The molecule has 0 fully saturated rings. The number of thiophene rings is 1. The van der Waals surface area contributed by atoms with E-state index >= 15 is 0 Å². The second-order valence-electron chi connectivity index (χ2n) is 2.70. The van der Waals surface area contributed by atoms with Crippen LogP contribution in [0.4, 0.5) is 0 Å². The summed E-state index contributed by atoms with van der Waals surface area (Å²) in [6.07, 6.45) is -0.741. The highest BCUT2D eigenvalue weighted by Gasteiger charge is 2.17. The van der Waals surface area contributed by atoms with E-state index in [2.05, 4.69) is 20.7 Å². The molecule has 0 aliphatic rings. The summed E-state index contributed by atoms with van der Waals surface area (Å²) in [5, 5.41) is 11.3. The number of esters is 1. The van der Waals surface area contributed by atoms with Gasteiger partial charge in [-0.3, -0.25) is 0 Å². The molecule has 1 N–H and O–H groups in total. The van der Waals surface area contributed by atoms with E-state index in [0.717, 1.165) is 9.35 Å². The van der Waals surface area contributed by atoms with Crippen molar-refractivity contribution in [1.29, 1.82) is 0 Å². The molecule has 1 aromatic heterocycles. The fraction of sp³-hybridized carbons (Fsp3) is 0.444. The van der Waals surface area contributed by atoms with Crippen LogP contribution in [-0.4, -0.2) is 23.8 Å². The van der Waals surface area contributed by atoms with Gasteiger partial charge in [-0.25, -0.2) is 4.79 Å². The number of aliphatic hydroxyl groups excluding tert-OH is 1. The molecule has 1 aromatic rings. The van der Waals surface area contributed by atoms with E-state index in [9.17, 15) is 9.90 Å². The molecule has 1 rings (SSSR count). The lowest BCUT2D eigenvalue weighted by molar-refractivity contribution is -0.152. The first kappa shape index (κ1) is 11.7. The molecule has 5 heteroatoms. The number of ether oxygens (including phenoxy) is 1. The van der Waals surface area contributed by atoms with Crippen LogP contribution >= 0.6 is 27.3 Å². The topological polar surface area (TPSA) is 46.5 Å². The van der Waals surface area contributed by atoms with Crippen molar-refractivity contribution in [2.45, 2.75) is 19.4 Å². The molecular formula is C9H11BrO3S. The van der Waals surface area contributed by atoms with Crippen LogP contribution in [0.1, 0.15) is 11.8 Å². The number of hydrogen-bond acceptors (Lipinski definition) is 4. The van der Waals surface area contributed by atoms with Crippen LogP contribution in [0.5, 0.6) is 0 Å². The molecule has 78 valence electrons. The number of carbonyl (C=O) groups excluding carboxylic acids is 1. The molecule has 0 amide bonds. The molecule has 1 heterocycles. The SMILES string of the molecule is CCOC(=O)C(O)Cc1cc(Br)cs1. The van der Waals surface area contributed by atoms with E-state index in [1.807, 2.05) is 11.4 Å². The first-order valence-corrected chi connectivity index (χ1v) is 5.88. The molecule has 0 spiro atoms. The molecule has 0 radical (unpaired) electrons. The van der Waals surface area contributed by atoms with Crippen LogP contribution in [0.2, 0.25) is 0 Å². The molecule has 1 atom stereocenters. The lowest BCUT2D eigenvalue weighted by Crippen LogP contribution is -2.24. The van der Waals surface area contributed by atoms with Gasteiger partial charge < -0.3 is 9.84 Å². The highest BCUT2D eigenvalue weighted by Crippen LogP contribution is 2.21. The van der Waals surface area contributed by atoms with Gasteiger partial charge in [-0.1, -0.05) is 0 Å². The van der Waals surface area contributed by atoms with Crippen molar-refractivity contribution in [3.63, 3.8) is 0 Å². The minimum atomic E-state index is -1.06. The molecule has 0 aromatic carbocycles. The summed E-state index contributed by atoms with van der Waals surface area (Å²) in [4.78, 5) is 12.0. The van der Waals surface area contributed by atoms with Crippen molar-refractivity contribution < 1.29 is 14.6 Å². The number of halogens is 1.